The third-order valence-electron chi connectivity index (χ3n) is 1.80. The second-order valence-electron chi connectivity index (χ2n) is 2.84. The van der Waals surface area contributed by atoms with E-state index in [1.54, 1.807) is 0 Å². The van der Waals surface area contributed by atoms with Crippen LogP contribution in [0.2, 0.25) is 0 Å². The van der Waals surface area contributed by atoms with E-state index in [4.69, 9.17) is 0 Å². The predicted molar refractivity (Wildman–Crippen MR) is 45.0 cm³/mol. The molecule has 0 fully saturated rings. The minimum atomic E-state index is 0.540. The van der Waals surface area contributed by atoms with Crippen molar-refractivity contribution in [3.8, 4) is 0 Å². The summed E-state index contributed by atoms with van der Waals surface area (Å²) < 4.78 is 0. The Morgan fingerprint density at radius 3 is 3.20 bits per heavy atom. The van der Waals surface area contributed by atoms with Crippen LogP contribution in [-0.2, 0) is 0 Å². The van der Waals surface area contributed by atoms with E-state index in [1.165, 1.54) is 0 Å². The minimum absolute atomic E-state index is 0.540. The molecule has 0 aromatic rings. The summed E-state index contributed by atoms with van der Waals surface area (Å²) in [4.78, 5) is 0. The van der Waals surface area contributed by atoms with E-state index >= 15 is 0 Å². The fourth-order valence-corrected chi connectivity index (χ4v) is 1.31. The molecule has 0 radical (unpaired) electrons. The van der Waals surface area contributed by atoms with Crippen molar-refractivity contribution in [2.45, 2.75) is 31.8 Å². The molecular formula is C9H15N. The van der Waals surface area contributed by atoms with Gasteiger partial charge in [0.2, 0.25) is 0 Å². The van der Waals surface area contributed by atoms with Gasteiger partial charge in [0.15, 0.2) is 0 Å². The zero-order valence-corrected chi connectivity index (χ0v) is 6.51. The molecule has 0 amide bonds. The molecule has 1 rings (SSSR count). The summed E-state index contributed by atoms with van der Waals surface area (Å²) in [6, 6.07) is 1.16. The van der Waals surface area contributed by atoms with Crippen LogP contribution in [0.25, 0.3) is 0 Å². The van der Waals surface area contributed by atoms with Crippen molar-refractivity contribution in [1.29, 1.82) is 0 Å². The Morgan fingerprint density at radius 1 is 1.80 bits per heavy atom. The van der Waals surface area contributed by atoms with Crippen LogP contribution < -0.4 is 5.32 Å². The Labute approximate surface area is 62.8 Å². The molecular weight excluding hydrogens is 122 g/mol. The molecule has 0 aromatic heterocycles. The van der Waals surface area contributed by atoms with Gasteiger partial charge >= 0.3 is 0 Å². The third kappa shape index (κ3) is 1.99. The summed E-state index contributed by atoms with van der Waals surface area (Å²) in [5.74, 6) is 0. The first-order valence-corrected chi connectivity index (χ1v) is 3.86. The molecule has 0 spiro atoms. The lowest BCUT2D eigenvalue weighted by Gasteiger charge is -2.23. The molecule has 1 heterocycles. The van der Waals surface area contributed by atoms with E-state index in [-0.39, 0.29) is 0 Å². The summed E-state index contributed by atoms with van der Waals surface area (Å²) in [6.45, 7) is 5.89. The summed E-state index contributed by atoms with van der Waals surface area (Å²) in [6.07, 6.45) is 8.66. The van der Waals surface area contributed by atoms with Gasteiger partial charge < -0.3 is 5.32 Å². The smallest absolute Gasteiger partial charge is 0.0224 e. The lowest BCUT2D eigenvalue weighted by molar-refractivity contribution is 0.472. The molecule has 0 aromatic carbocycles. The summed E-state index contributed by atoms with van der Waals surface area (Å²) in [5.41, 5.74) is 0. The molecule has 10 heavy (non-hydrogen) atoms. The topological polar surface area (TPSA) is 12.0 Å². The van der Waals surface area contributed by atoms with Crippen molar-refractivity contribution >= 4 is 0 Å². The van der Waals surface area contributed by atoms with Gasteiger partial charge in [-0.1, -0.05) is 18.2 Å². The lowest BCUT2D eigenvalue weighted by Crippen LogP contribution is -2.37. The Kier molecular flexibility index (Phi) is 2.69. The lowest BCUT2D eigenvalue weighted by atomic mass is 10.0. The Bertz CT molecular complexity index is 138. The number of nitrogens with one attached hydrogen (secondary N) is 1. The van der Waals surface area contributed by atoms with Crippen molar-refractivity contribution in [2.75, 3.05) is 0 Å². The van der Waals surface area contributed by atoms with E-state index in [1.807, 2.05) is 6.08 Å². The fraction of sp³-hybridized carbons (Fsp3) is 0.556. The van der Waals surface area contributed by atoms with Crippen molar-refractivity contribution in [3.63, 3.8) is 0 Å². The largest absolute Gasteiger partial charge is 0.307 e. The summed E-state index contributed by atoms with van der Waals surface area (Å²) in [7, 11) is 0. The van der Waals surface area contributed by atoms with Crippen LogP contribution in [0.5, 0.6) is 0 Å². The first-order valence-electron chi connectivity index (χ1n) is 3.86. The first-order chi connectivity index (χ1) is 4.83. The number of rotatable bonds is 2. The Hall–Kier alpha value is -0.560. The van der Waals surface area contributed by atoms with Crippen LogP contribution in [0.15, 0.2) is 24.8 Å². The molecule has 56 valence electrons. The maximum atomic E-state index is 3.72. The van der Waals surface area contributed by atoms with Gasteiger partial charge in [-0.2, -0.15) is 0 Å². The second-order valence-corrected chi connectivity index (χ2v) is 2.84. The molecule has 1 N–H and O–H groups in total. The van der Waals surface area contributed by atoms with Crippen LogP contribution in [-0.4, -0.2) is 12.1 Å². The molecule has 1 aliphatic rings. The summed E-state index contributed by atoms with van der Waals surface area (Å²) >= 11 is 0. The molecule has 0 bridgehead atoms. The highest BCUT2D eigenvalue weighted by Crippen LogP contribution is 2.07. The number of hydrogen-bond acceptors (Lipinski definition) is 1. The van der Waals surface area contributed by atoms with Crippen LogP contribution in [0, 0.1) is 0 Å². The van der Waals surface area contributed by atoms with E-state index in [0.717, 1.165) is 12.8 Å². The molecule has 0 saturated carbocycles. The van der Waals surface area contributed by atoms with Crippen LogP contribution in [0.4, 0.5) is 0 Å². The van der Waals surface area contributed by atoms with Crippen molar-refractivity contribution in [2.24, 2.45) is 0 Å². The maximum Gasteiger partial charge on any atom is 0.0224 e. The van der Waals surface area contributed by atoms with Crippen LogP contribution >= 0.6 is 0 Å². The van der Waals surface area contributed by atoms with Gasteiger partial charge in [0.1, 0.15) is 0 Å². The Morgan fingerprint density at radius 2 is 2.60 bits per heavy atom. The summed E-state index contributed by atoms with van der Waals surface area (Å²) in [5, 5.41) is 3.46. The molecule has 1 heteroatoms. The van der Waals surface area contributed by atoms with E-state index in [9.17, 15) is 0 Å². The zero-order valence-electron chi connectivity index (χ0n) is 6.51. The average molecular weight is 137 g/mol. The van der Waals surface area contributed by atoms with Gasteiger partial charge in [-0.15, -0.1) is 6.58 Å². The highest BCUT2D eigenvalue weighted by atomic mass is 14.9. The first kappa shape index (κ1) is 7.55. The molecule has 1 nitrogen and oxygen atoms in total. The predicted octanol–water partition coefficient (Wildman–Crippen LogP) is 1.87. The van der Waals surface area contributed by atoms with Gasteiger partial charge in [0.05, 0.1) is 0 Å². The SMILES string of the molecule is C=CC[C@H]1CC=C[C@H](C)N1. The van der Waals surface area contributed by atoms with Crippen molar-refractivity contribution in [3.05, 3.63) is 24.8 Å². The number of hydrogen-bond donors (Lipinski definition) is 1. The van der Waals surface area contributed by atoms with Gasteiger partial charge in [-0.3, -0.25) is 0 Å². The molecule has 1 aliphatic heterocycles. The van der Waals surface area contributed by atoms with Gasteiger partial charge in [-0.05, 0) is 19.8 Å². The van der Waals surface area contributed by atoms with E-state index < -0.39 is 0 Å². The van der Waals surface area contributed by atoms with Gasteiger partial charge in [0, 0.05) is 12.1 Å². The quantitative estimate of drug-likeness (QED) is 0.573. The molecule has 2 atom stereocenters. The van der Waals surface area contributed by atoms with E-state index in [2.05, 4.69) is 31.0 Å². The van der Waals surface area contributed by atoms with Gasteiger partial charge in [-0.25, -0.2) is 0 Å². The molecule has 0 unspecified atom stereocenters. The van der Waals surface area contributed by atoms with Crippen molar-refractivity contribution < 1.29 is 0 Å². The third-order valence-corrected chi connectivity index (χ3v) is 1.80. The van der Waals surface area contributed by atoms with Crippen LogP contribution in [0.3, 0.4) is 0 Å². The maximum absolute atomic E-state index is 3.72. The monoisotopic (exact) mass is 137 g/mol. The minimum Gasteiger partial charge on any atom is -0.307 e. The van der Waals surface area contributed by atoms with Crippen molar-refractivity contribution in [1.82, 2.24) is 5.32 Å². The Balaban J connectivity index is 2.36. The molecule has 0 aliphatic carbocycles. The van der Waals surface area contributed by atoms with Gasteiger partial charge in [0.25, 0.3) is 0 Å². The second kappa shape index (κ2) is 3.57. The zero-order chi connectivity index (χ0) is 7.40. The van der Waals surface area contributed by atoms with Crippen LogP contribution in [0.1, 0.15) is 19.8 Å². The molecule has 0 saturated heterocycles. The average Bonchev–Trinajstić information content (AvgIpc) is 1.88. The fourth-order valence-electron chi connectivity index (χ4n) is 1.31. The standard InChI is InChI=1S/C9H15N/c1-3-5-9-7-4-6-8(2)10-9/h3-4,6,8-10H,1,5,7H2,2H3/t8-,9-/m0/s1. The highest BCUT2D eigenvalue weighted by Gasteiger charge is 2.10. The normalized spacial score (nSPS) is 32.1. The van der Waals surface area contributed by atoms with E-state index in [0.29, 0.717) is 12.1 Å². The highest BCUT2D eigenvalue weighted by molar-refractivity contribution is 5.00.